The Morgan fingerprint density at radius 2 is 2.29 bits per heavy atom. The maximum Gasteiger partial charge on any atom is 0.226 e. The van der Waals surface area contributed by atoms with Crippen molar-refractivity contribution >= 4 is 5.91 Å². The maximum absolute atomic E-state index is 12.5. The second-order valence-electron chi connectivity index (χ2n) is 5.33. The highest BCUT2D eigenvalue weighted by molar-refractivity contribution is 5.80. The minimum Gasteiger partial charge on any atom is -0.394 e. The van der Waals surface area contributed by atoms with E-state index in [0.29, 0.717) is 31.6 Å². The molecule has 1 N–H and O–H groups in total. The van der Waals surface area contributed by atoms with Crippen molar-refractivity contribution in [1.82, 2.24) is 4.90 Å². The predicted octanol–water partition coefficient (Wildman–Crippen LogP) is 0.418. The van der Waals surface area contributed by atoms with Crippen molar-refractivity contribution in [2.24, 2.45) is 17.8 Å². The highest BCUT2D eigenvalue weighted by Crippen LogP contribution is 2.44. The van der Waals surface area contributed by atoms with Gasteiger partial charge in [-0.3, -0.25) is 4.79 Å². The van der Waals surface area contributed by atoms with Crippen LogP contribution in [-0.4, -0.2) is 48.3 Å². The number of morpholine rings is 1. The first kappa shape index (κ1) is 11.2. The Labute approximate surface area is 101 Å². The molecule has 0 aromatic heterocycles. The summed E-state index contributed by atoms with van der Waals surface area (Å²) in [6.07, 6.45) is 6.59. The first-order valence-corrected chi connectivity index (χ1v) is 6.47. The van der Waals surface area contributed by atoms with Crippen LogP contribution in [0, 0.1) is 17.8 Å². The van der Waals surface area contributed by atoms with Crippen molar-refractivity contribution < 1.29 is 14.6 Å². The van der Waals surface area contributed by atoms with Crippen LogP contribution in [0.4, 0.5) is 0 Å². The molecule has 4 nitrogen and oxygen atoms in total. The smallest absolute Gasteiger partial charge is 0.226 e. The number of aliphatic hydroxyl groups excluding tert-OH is 1. The van der Waals surface area contributed by atoms with Gasteiger partial charge in [-0.05, 0) is 24.7 Å². The van der Waals surface area contributed by atoms with Crippen LogP contribution in [-0.2, 0) is 9.53 Å². The van der Waals surface area contributed by atoms with E-state index in [1.165, 1.54) is 0 Å². The van der Waals surface area contributed by atoms with Crippen LogP contribution in [0.1, 0.15) is 12.8 Å². The Balaban J connectivity index is 1.70. The molecule has 2 fully saturated rings. The molecule has 0 aromatic carbocycles. The Bertz CT molecular complexity index is 342. The van der Waals surface area contributed by atoms with Crippen LogP contribution in [0.2, 0.25) is 0 Å². The molecule has 0 aromatic rings. The van der Waals surface area contributed by atoms with Gasteiger partial charge in [-0.25, -0.2) is 0 Å². The first-order chi connectivity index (χ1) is 8.29. The monoisotopic (exact) mass is 237 g/mol. The van der Waals surface area contributed by atoms with E-state index < -0.39 is 0 Å². The van der Waals surface area contributed by atoms with Crippen LogP contribution in [0.15, 0.2) is 12.2 Å². The molecule has 1 aliphatic heterocycles. The maximum atomic E-state index is 12.5. The van der Waals surface area contributed by atoms with Crippen LogP contribution >= 0.6 is 0 Å². The van der Waals surface area contributed by atoms with E-state index in [9.17, 15) is 9.90 Å². The van der Waals surface area contributed by atoms with Gasteiger partial charge in [0.15, 0.2) is 0 Å². The Morgan fingerprint density at radius 1 is 1.41 bits per heavy atom. The molecule has 4 unspecified atom stereocenters. The van der Waals surface area contributed by atoms with E-state index in [1.807, 2.05) is 4.90 Å². The lowest BCUT2D eigenvalue weighted by molar-refractivity contribution is -0.146. The number of allylic oxidation sites excluding steroid dienone is 2. The number of carbonyl (C=O) groups excluding carboxylic acids is 1. The summed E-state index contributed by atoms with van der Waals surface area (Å²) in [6, 6.07) is -0.139. The van der Waals surface area contributed by atoms with Gasteiger partial charge in [-0.2, -0.15) is 0 Å². The number of aliphatic hydroxyl groups is 1. The summed E-state index contributed by atoms with van der Waals surface area (Å²) in [5.74, 6) is 1.43. The number of carbonyl (C=O) groups is 1. The predicted molar refractivity (Wildman–Crippen MR) is 62.2 cm³/mol. The van der Waals surface area contributed by atoms with Gasteiger partial charge in [0.1, 0.15) is 0 Å². The second-order valence-corrected chi connectivity index (χ2v) is 5.33. The summed E-state index contributed by atoms with van der Waals surface area (Å²) in [6.45, 7) is 1.70. The average Bonchev–Trinajstić information content (AvgIpc) is 3.00. The van der Waals surface area contributed by atoms with E-state index in [4.69, 9.17) is 4.74 Å². The summed E-state index contributed by atoms with van der Waals surface area (Å²) in [4.78, 5) is 14.3. The van der Waals surface area contributed by atoms with Crippen molar-refractivity contribution in [2.75, 3.05) is 26.4 Å². The third-order valence-electron chi connectivity index (χ3n) is 4.32. The van der Waals surface area contributed by atoms with Crippen LogP contribution in [0.25, 0.3) is 0 Å². The second kappa shape index (κ2) is 4.42. The minimum atomic E-state index is -0.139. The van der Waals surface area contributed by atoms with Crippen molar-refractivity contribution in [3.63, 3.8) is 0 Å². The quantitative estimate of drug-likeness (QED) is 0.708. The molecule has 2 aliphatic carbocycles. The molecule has 1 amide bonds. The normalized spacial score (nSPS) is 39.9. The number of fused-ring (bicyclic) bond motifs is 2. The number of ether oxygens (including phenoxy) is 1. The molecule has 1 saturated heterocycles. The van der Waals surface area contributed by atoms with Crippen LogP contribution < -0.4 is 0 Å². The van der Waals surface area contributed by atoms with E-state index in [1.54, 1.807) is 0 Å². The largest absolute Gasteiger partial charge is 0.394 e. The molecule has 0 spiro atoms. The van der Waals surface area contributed by atoms with E-state index in [2.05, 4.69) is 12.2 Å². The van der Waals surface area contributed by atoms with Crippen LogP contribution in [0.5, 0.6) is 0 Å². The molecule has 2 bridgehead atoms. The van der Waals surface area contributed by atoms with Crippen molar-refractivity contribution in [3.8, 4) is 0 Å². The lowest BCUT2D eigenvalue weighted by atomic mass is 9.91. The summed E-state index contributed by atoms with van der Waals surface area (Å²) >= 11 is 0. The molecule has 17 heavy (non-hydrogen) atoms. The number of hydrogen-bond donors (Lipinski definition) is 1. The van der Waals surface area contributed by atoms with Crippen molar-refractivity contribution in [2.45, 2.75) is 18.9 Å². The zero-order valence-electron chi connectivity index (χ0n) is 9.92. The standard InChI is InChI=1S/C13H19NO3/c15-7-11-8-17-4-3-14(11)13(16)12-6-9-1-2-10(12)5-9/h1-2,9-12,15H,3-8H2. The van der Waals surface area contributed by atoms with E-state index in [0.717, 1.165) is 12.8 Å². The lowest BCUT2D eigenvalue weighted by Crippen LogP contribution is -2.52. The number of rotatable bonds is 2. The third kappa shape index (κ3) is 1.89. The lowest BCUT2D eigenvalue weighted by Gasteiger charge is -2.37. The summed E-state index contributed by atoms with van der Waals surface area (Å²) in [5, 5.41) is 9.30. The zero-order chi connectivity index (χ0) is 11.8. The summed E-state index contributed by atoms with van der Waals surface area (Å²) in [5.41, 5.74) is 0. The fraction of sp³-hybridized carbons (Fsp3) is 0.769. The molecule has 4 heteroatoms. The Hall–Kier alpha value is -0.870. The van der Waals surface area contributed by atoms with Gasteiger partial charge in [0.25, 0.3) is 0 Å². The van der Waals surface area contributed by atoms with Gasteiger partial charge in [-0.1, -0.05) is 12.2 Å². The van der Waals surface area contributed by atoms with Gasteiger partial charge in [-0.15, -0.1) is 0 Å². The first-order valence-electron chi connectivity index (χ1n) is 6.47. The van der Waals surface area contributed by atoms with Crippen molar-refractivity contribution in [3.05, 3.63) is 12.2 Å². The molecule has 1 heterocycles. The molecule has 4 atom stereocenters. The molecular formula is C13H19NO3. The fourth-order valence-electron chi connectivity index (χ4n) is 3.37. The molecular weight excluding hydrogens is 218 g/mol. The summed E-state index contributed by atoms with van der Waals surface area (Å²) < 4.78 is 5.31. The molecule has 94 valence electrons. The van der Waals surface area contributed by atoms with Gasteiger partial charge < -0.3 is 14.7 Å². The highest BCUT2D eigenvalue weighted by atomic mass is 16.5. The molecule has 3 aliphatic rings. The molecule has 0 radical (unpaired) electrons. The average molecular weight is 237 g/mol. The van der Waals surface area contributed by atoms with Crippen LogP contribution in [0.3, 0.4) is 0 Å². The summed E-state index contributed by atoms with van der Waals surface area (Å²) in [7, 11) is 0. The highest BCUT2D eigenvalue weighted by Gasteiger charge is 2.43. The topological polar surface area (TPSA) is 49.8 Å². The van der Waals surface area contributed by atoms with Gasteiger partial charge >= 0.3 is 0 Å². The van der Waals surface area contributed by atoms with Gasteiger partial charge in [0.05, 0.1) is 25.9 Å². The number of amides is 1. The van der Waals surface area contributed by atoms with Crippen molar-refractivity contribution in [1.29, 1.82) is 0 Å². The van der Waals surface area contributed by atoms with Gasteiger partial charge in [0.2, 0.25) is 5.91 Å². The third-order valence-corrected chi connectivity index (χ3v) is 4.32. The number of nitrogens with zero attached hydrogens (tertiary/aromatic N) is 1. The molecule has 3 rings (SSSR count). The SMILES string of the molecule is O=C(C1CC2C=CC1C2)N1CCOCC1CO. The zero-order valence-corrected chi connectivity index (χ0v) is 9.92. The fourth-order valence-corrected chi connectivity index (χ4v) is 3.37. The Morgan fingerprint density at radius 3 is 2.94 bits per heavy atom. The Kier molecular flexibility index (Phi) is 2.92. The minimum absolute atomic E-state index is 0.00238. The molecule has 1 saturated carbocycles. The van der Waals surface area contributed by atoms with Gasteiger partial charge in [0, 0.05) is 12.5 Å². The van der Waals surface area contributed by atoms with E-state index >= 15 is 0 Å². The van der Waals surface area contributed by atoms with E-state index in [-0.39, 0.29) is 24.5 Å². The number of hydrogen-bond acceptors (Lipinski definition) is 3.